The van der Waals surface area contributed by atoms with E-state index >= 15 is 0 Å². The second kappa shape index (κ2) is 8.01. The molecule has 0 aliphatic carbocycles. The molecule has 31 heavy (non-hydrogen) atoms. The van der Waals surface area contributed by atoms with Crippen molar-refractivity contribution in [3.8, 4) is 5.75 Å². The van der Waals surface area contributed by atoms with Crippen molar-refractivity contribution in [3.63, 3.8) is 0 Å². The first-order valence-corrected chi connectivity index (χ1v) is 11.4. The molecule has 1 amide bonds. The Morgan fingerprint density at radius 2 is 1.74 bits per heavy atom. The Morgan fingerprint density at radius 1 is 1.06 bits per heavy atom. The van der Waals surface area contributed by atoms with Gasteiger partial charge < -0.3 is 18.8 Å². The van der Waals surface area contributed by atoms with Crippen molar-refractivity contribution >= 4 is 21.9 Å². The van der Waals surface area contributed by atoms with Crippen LogP contribution < -0.4 is 4.74 Å². The number of rotatable bonds is 4. The number of esters is 1. The van der Waals surface area contributed by atoms with Crippen molar-refractivity contribution in [3.05, 3.63) is 46.9 Å². The van der Waals surface area contributed by atoms with Gasteiger partial charge in [-0.15, -0.1) is 0 Å². The highest BCUT2D eigenvalue weighted by atomic mass is 32.2. The van der Waals surface area contributed by atoms with Gasteiger partial charge in [0.1, 0.15) is 27.7 Å². The van der Waals surface area contributed by atoms with E-state index in [1.54, 1.807) is 4.90 Å². The highest BCUT2D eigenvalue weighted by Crippen LogP contribution is 2.31. The van der Waals surface area contributed by atoms with Gasteiger partial charge in [-0.1, -0.05) is 18.2 Å². The molecule has 9 nitrogen and oxygen atoms in total. The number of carbonyl (C=O) groups excluding carboxylic acids is 2. The molecule has 1 atom stereocenters. The van der Waals surface area contributed by atoms with E-state index in [1.807, 2.05) is 24.3 Å². The Balaban J connectivity index is 1.47. The molecule has 0 radical (unpaired) electrons. The molecule has 0 saturated carbocycles. The van der Waals surface area contributed by atoms with Crippen LogP contribution in [0.2, 0.25) is 0 Å². The van der Waals surface area contributed by atoms with Gasteiger partial charge in [0.2, 0.25) is 10.0 Å². The number of amides is 1. The quantitative estimate of drug-likeness (QED) is 0.653. The maximum absolute atomic E-state index is 13.3. The number of hydrogen-bond donors (Lipinski definition) is 0. The summed E-state index contributed by atoms with van der Waals surface area (Å²) in [7, 11) is -2.81. The smallest absolute Gasteiger partial charge is 0.342 e. The molecule has 2 aliphatic rings. The average molecular weight is 448 g/mol. The minimum absolute atomic E-state index is 0.0874. The number of benzene rings is 1. The minimum atomic E-state index is -4.00. The summed E-state index contributed by atoms with van der Waals surface area (Å²) in [6, 6.07) is 7.53. The number of methoxy groups -OCH3 is 1. The molecular formula is C21H24N2O7S. The summed E-state index contributed by atoms with van der Waals surface area (Å²) in [5.74, 6) is 0.116. The van der Waals surface area contributed by atoms with E-state index in [4.69, 9.17) is 13.9 Å². The lowest BCUT2D eigenvalue weighted by Crippen LogP contribution is -2.53. The normalized spacial score (nSPS) is 19.1. The fraction of sp³-hybridized carbons (Fsp3) is 0.429. The largest absolute Gasteiger partial charge is 0.480 e. The first-order chi connectivity index (χ1) is 14.7. The van der Waals surface area contributed by atoms with Gasteiger partial charge in [0.25, 0.3) is 5.91 Å². The molecule has 1 aromatic heterocycles. The van der Waals surface area contributed by atoms with Crippen molar-refractivity contribution in [2.75, 3.05) is 33.3 Å². The van der Waals surface area contributed by atoms with Crippen LogP contribution >= 0.6 is 0 Å². The molecule has 2 aliphatic heterocycles. The van der Waals surface area contributed by atoms with Gasteiger partial charge in [0.05, 0.1) is 7.11 Å². The number of para-hydroxylation sites is 1. The van der Waals surface area contributed by atoms with Crippen molar-refractivity contribution in [1.29, 1.82) is 0 Å². The van der Waals surface area contributed by atoms with Crippen molar-refractivity contribution in [1.82, 2.24) is 9.21 Å². The molecule has 0 spiro atoms. The third-order valence-corrected chi connectivity index (χ3v) is 7.72. The van der Waals surface area contributed by atoms with Gasteiger partial charge in [-0.2, -0.15) is 4.31 Å². The van der Waals surface area contributed by atoms with Gasteiger partial charge in [-0.25, -0.2) is 13.2 Å². The third-order valence-electron chi connectivity index (χ3n) is 5.67. The monoisotopic (exact) mass is 448 g/mol. The summed E-state index contributed by atoms with van der Waals surface area (Å²) in [6.07, 6.45) is -0.0889. The van der Waals surface area contributed by atoms with Gasteiger partial charge in [-0.05, 0) is 25.5 Å². The lowest BCUT2D eigenvalue weighted by Gasteiger charge is -2.35. The Kier molecular flexibility index (Phi) is 5.52. The highest BCUT2D eigenvalue weighted by Gasteiger charge is 2.39. The molecule has 166 valence electrons. The first-order valence-electron chi connectivity index (χ1n) is 9.96. The molecule has 1 fully saturated rings. The maximum Gasteiger partial charge on any atom is 0.342 e. The maximum atomic E-state index is 13.3. The van der Waals surface area contributed by atoms with E-state index in [1.165, 1.54) is 25.3 Å². The number of ether oxygens (including phenoxy) is 2. The number of nitrogens with zero attached hydrogens (tertiary/aromatic N) is 2. The molecule has 2 aromatic rings. The van der Waals surface area contributed by atoms with Crippen molar-refractivity contribution in [2.24, 2.45) is 0 Å². The number of fused-ring (bicyclic) bond motifs is 1. The molecule has 1 aromatic carbocycles. The van der Waals surface area contributed by atoms with E-state index in [-0.39, 0.29) is 54.1 Å². The van der Waals surface area contributed by atoms with Crippen molar-refractivity contribution < 1.29 is 31.9 Å². The number of sulfonamides is 1. The van der Waals surface area contributed by atoms with Gasteiger partial charge in [-0.3, -0.25) is 4.79 Å². The number of furan rings is 1. The SMILES string of the molecule is COC(=O)c1c(C)oc(C)c1S(=O)(=O)N1CCN(C(=O)C2Cc3ccccc3O2)CC1. The van der Waals surface area contributed by atoms with Gasteiger partial charge in [0.15, 0.2) is 6.10 Å². The standard InChI is InChI=1S/C21H24N2O7S/c1-13-18(21(25)28-3)19(14(2)29-13)31(26,27)23-10-8-22(9-11-23)20(24)17-12-15-6-4-5-7-16(15)30-17/h4-7,17H,8-12H2,1-3H3. The van der Waals surface area contributed by atoms with Gasteiger partial charge in [0, 0.05) is 32.6 Å². The molecule has 1 unspecified atom stereocenters. The summed E-state index contributed by atoms with van der Waals surface area (Å²) in [5, 5.41) is 0. The lowest BCUT2D eigenvalue weighted by atomic mass is 10.1. The zero-order valence-corrected chi connectivity index (χ0v) is 18.4. The summed E-state index contributed by atoms with van der Waals surface area (Å²) in [4.78, 5) is 26.5. The molecular weight excluding hydrogens is 424 g/mol. The van der Waals surface area contributed by atoms with E-state index < -0.39 is 22.1 Å². The van der Waals surface area contributed by atoms with Crippen LogP contribution in [0.1, 0.15) is 27.4 Å². The van der Waals surface area contributed by atoms with Gasteiger partial charge >= 0.3 is 5.97 Å². The van der Waals surface area contributed by atoms with Crippen LogP contribution in [-0.2, 0) is 26.0 Å². The molecule has 1 saturated heterocycles. The summed E-state index contributed by atoms with van der Waals surface area (Å²) in [6.45, 7) is 3.71. The first kappa shape index (κ1) is 21.4. The van der Waals surface area contributed by atoms with E-state index in [2.05, 4.69) is 0 Å². The predicted molar refractivity (Wildman–Crippen MR) is 109 cm³/mol. The molecule has 0 N–H and O–H groups in total. The van der Waals surface area contributed by atoms with Crippen LogP contribution in [0.15, 0.2) is 33.6 Å². The molecule has 0 bridgehead atoms. The number of hydrogen-bond acceptors (Lipinski definition) is 7. The fourth-order valence-electron chi connectivity index (χ4n) is 4.11. The summed E-state index contributed by atoms with van der Waals surface area (Å²) < 4.78 is 43.7. The highest BCUT2D eigenvalue weighted by molar-refractivity contribution is 7.89. The second-order valence-corrected chi connectivity index (χ2v) is 9.43. The average Bonchev–Trinajstić information content (AvgIpc) is 3.33. The zero-order valence-electron chi connectivity index (χ0n) is 17.6. The predicted octanol–water partition coefficient (Wildman–Crippen LogP) is 1.52. The Labute approximate surface area is 180 Å². The Bertz CT molecular complexity index is 1110. The molecule has 10 heteroatoms. The van der Waals surface area contributed by atoms with Crippen LogP contribution in [0.25, 0.3) is 0 Å². The topological polar surface area (TPSA) is 106 Å². The van der Waals surface area contributed by atoms with Crippen LogP contribution in [0.4, 0.5) is 0 Å². The summed E-state index contributed by atoms with van der Waals surface area (Å²) >= 11 is 0. The van der Waals surface area contributed by atoms with E-state index in [0.717, 1.165) is 5.56 Å². The lowest BCUT2D eigenvalue weighted by molar-refractivity contribution is -0.139. The zero-order chi connectivity index (χ0) is 22.3. The van der Waals surface area contributed by atoms with E-state index in [9.17, 15) is 18.0 Å². The number of piperazine rings is 1. The fourth-order valence-corrected chi connectivity index (χ4v) is 5.91. The van der Waals surface area contributed by atoms with Crippen LogP contribution in [0.3, 0.4) is 0 Å². The molecule has 4 rings (SSSR count). The van der Waals surface area contributed by atoms with E-state index in [0.29, 0.717) is 12.2 Å². The summed E-state index contributed by atoms with van der Waals surface area (Å²) in [5.41, 5.74) is 0.902. The Morgan fingerprint density at radius 3 is 2.39 bits per heavy atom. The van der Waals surface area contributed by atoms with Crippen LogP contribution in [0, 0.1) is 13.8 Å². The van der Waals surface area contributed by atoms with Crippen molar-refractivity contribution in [2.45, 2.75) is 31.3 Å². The number of carbonyl (C=O) groups is 2. The number of aryl methyl sites for hydroxylation is 2. The van der Waals surface area contributed by atoms with Crippen LogP contribution in [0.5, 0.6) is 5.75 Å². The second-order valence-electron chi connectivity index (χ2n) is 7.56. The molecule has 3 heterocycles. The Hall–Kier alpha value is -2.85. The third kappa shape index (κ3) is 3.70. The minimum Gasteiger partial charge on any atom is -0.480 e. The van der Waals surface area contributed by atoms with Crippen LogP contribution in [-0.4, -0.2) is 68.9 Å².